The number of hydrogen-bond acceptors (Lipinski definition) is 4. The van der Waals surface area contributed by atoms with Crippen molar-refractivity contribution in [2.24, 2.45) is 11.7 Å². The number of hydrogen-bond donors (Lipinski definition) is 1. The number of aromatic nitrogens is 2. The predicted octanol–water partition coefficient (Wildman–Crippen LogP) is 0.546. The van der Waals surface area contributed by atoms with Crippen LogP contribution in [0, 0.1) is 19.8 Å². The molecule has 2 rings (SSSR count). The SMILES string of the molecule is Cc1cc(C)n(CCCN(C)C(=O)[C@H]2CCCN(CC(N)=O)C2)n1. The van der Waals surface area contributed by atoms with Gasteiger partial charge < -0.3 is 10.6 Å². The molecule has 1 aromatic rings. The first-order valence-corrected chi connectivity index (χ1v) is 8.63. The van der Waals surface area contributed by atoms with Gasteiger partial charge in [-0.1, -0.05) is 0 Å². The average molecular weight is 335 g/mol. The summed E-state index contributed by atoms with van der Waals surface area (Å²) in [4.78, 5) is 27.5. The van der Waals surface area contributed by atoms with Gasteiger partial charge in [0.1, 0.15) is 0 Å². The molecule has 1 aromatic heterocycles. The number of amides is 2. The summed E-state index contributed by atoms with van der Waals surface area (Å²) in [6.45, 7) is 7.27. The van der Waals surface area contributed by atoms with E-state index in [0.717, 1.165) is 43.7 Å². The molecule has 2 amide bonds. The molecule has 134 valence electrons. The molecule has 1 saturated heterocycles. The largest absolute Gasteiger partial charge is 0.369 e. The molecule has 7 nitrogen and oxygen atoms in total. The third-order valence-electron chi connectivity index (χ3n) is 4.58. The summed E-state index contributed by atoms with van der Waals surface area (Å²) in [7, 11) is 1.86. The standard InChI is InChI=1S/C17H29N5O2/c1-13-10-14(2)22(19-13)9-5-7-20(3)17(24)15-6-4-8-21(11-15)12-16(18)23/h10,15H,4-9,11-12H2,1-3H3,(H2,18,23)/t15-/m0/s1. The lowest BCUT2D eigenvalue weighted by Gasteiger charge is -2.33. The van der Waals surface area contributed by atoms with Crippen molar-refractivity contribution in [1.29, 1.82) is 0 Å². The zero-order valence-electron chi connectivity index (χ0n) is 15.0. The number of nitrogens with zero attached hydrogens (tertiary/aromatic N) is 4. The van der Waals surface area contributed by atoms with Gasteiger partial charge in [0.15, 0.2) is 0 Å². The fourth-order valence-electron chi connectivity index (χ4n) is 3.40. The molecular formula is C17H29N5O2. The fraction of sp³-hybridized carbons (Fsp3) is 0.706. The third kappa shape index (κ3) is 5.06. The van der Waals surface area contributed by atoms with Crippen molar-refractivity contribution in [3.63, 3.8) is 0 Å². The average Bonchev–Trinajstić information content (AvgIpc) is 2.84. The summed E-state index contributed by atoms with van der Waals surface area (Å²) in [6, 6.07) is 2.06. The van der Waals surface area contributed by atoms with Gasteiger partial charge in [-0.15, -0.1) is 0 Å². The maximum atomic E-state index is 12.6. The molecule has 0 bridgehead atoms. The van der Waals surface area contributed by atoms with Crippen molar-refractivity contribution < 1.29 is 9.59 Å². The Hall–Kier alpha value is -1.89. The topological polar surface area (TPSA) is 84.5 Å². The second-order valence-electron chi connectivity index (χ2n) is 6.80. The summed E-state index contributed by atoms with van der Waals surface area (Å²) >= 11 is 0. The predicted molar refractivity (Wildman–Crippen MR) is 92.3 cm³/mol. The van der Waals surface area contributed by atoms with Gasteiger partial charge in [-0.3, -0.25) is 19.2 Å². The molecular weight excluding hydrogens is 306 g/mol. The molecule has 0 unspecified atom stereocenters. The van der Waals surface area contributed by atoms with E-state index in [9.17, 15) is 9.59 Å². The number of primary amides is 1. The minimum Gasteiger partial charge on any atom is -0.369 e. The van der Waals surface area contributed by atoms with Crippen molar-refractivity contribution in [3.8, 4) is 0 Å². The van der Waals surface area contributed by atoms with Crippen LogP contribution in [0.25, 0.3) is 0 Å². The summed E-state index contributed by atoms with van der Waals surface area (Å²) in [5, 5.41) is 4.44. The van der Waals surface area contributed by atoms with Crippen LogP contribution in [0.3, 0.4) is 0 Å². The highest BCUT2D eigenvalue weighted by molar-refractivity contribution is 5.79. The van der Waals surface area contributed by atoms with Crippen LogP contribution in [0.5, 0.6) is 0 Å². The zero-order chi connectivity index (χ0) is 17.7. The molecule has 0 aliphatic carbocycles. The zero-order valence-corrected chi connectivity index (χ0v) is 15.0. The number of piperidine rings is 1. The first kappa shape index (κ1) is 18.4. The van der Waals surface area contributed by atoms with Gasteiger partial charge in [0.2, 0.25) is 11.8 Å². The Morgan fingerprint density at radius 3 is 2.79 bits per heavy atom. The van der Waals surface area contributed by atoms with Crippen molar-refractivity contribution in [2.75, 3.05) is 33.2 Å². The lowest BCUT2D eigenvalue weighted by atomic mass is 9.96. The third-order valence-corrected chi connectivity index (χ3v) is 4.58. The van der Waals surface area contributed by atoms with Gasteiger partial charge in [0.25, 0.3) is 0 Å². The molecule has 1 fully saturated rings. The summed E-state index contributed by atoms with van der Waals surface area (Å²) in [5.41, 5.74) is 7.43. The Labute approximate surface area is 143 Å². The Bertz CT molecular complexity index is 584. The van der Waals surface area contributed by atoms with Gasteiger partial charge in [-0.25, -0.2) is 0 Å². The van der Waals surface area contributed by atoms with Crippen LogP contribution >= 0.6 is 0 Å². The van der Waals surface area contributed by atoms with Crippen molar-refractivity contribution in [2.45, 2.75) is 39.7 Å². The minimum absolute atomic E-state index is 0.0308. The van der Waals surface area contributed by atoms with E-state index in [-0.39, 0.29) is 24.3 Å². The second kappa shape index (κ2) is 8.28. The molecule has 0 radical (unpaired) electrons. The van der Waals surface area contributed by atoms with E-state index in [1.807, 2.05) is 35.4 Å². The van der Waals surface area contributed by atoms with Crippen LogP contribution in [-0.2, 0) is 16.1 Å². The first-order chi connectivity index (χ1) is 11.4. The summed E-state index contributed by atoms with van der Waals surface area (Å²) < 4.78 is 1.99. The Balaban J connectivity index is 1.78. The molecule has 2 N–H and O–H groups in total. The fourth-order valence-corrected chi connectivity index (χ4v) is 3.40. The first-order valence-electron chi connectivity index (χ1n) is 8.63. The van der Waals surface area contributed by atoms with E-state index in [4.69, 9.17) is 5.73 Å². The van der Waals surface area contributed by atoms with E-state index in [0.29, 0.717) is 13.1 Å². The van der Waals surface area contributed by atoms with E-state index in [2.05, 4.69) is 11.2 Å². The Morgan fingerprint density at radius 2 is 2.17 bits per heavy atom. The molecule has 0 saturated carbocycles. The smallest absolute Gasteiger partial charge is 0.231 e. The molecule has 2 heterocycles. The van der Waals surface area contributed by atoms with Crippen molar-refractivity contribution in [3.05, 3.63) is 17.5 Å². The van der Waals surface area contributed by atoms with Crippen LogP contribution in [-0.4, -0.2) is 64.6 Å². The van der Waals surface area contributed by atoms with E-state index in [1.54, 1.807) is 0 Å². The van der Waals surface area contributed by atoms with Crippen molar-refractivity contribution >= 4 is 11.8 Å². The highest BCUT2D eigenvalue weighted by Gasteiger charge is 2.28. The van der Waals surface area contributed by atoms with Crippen LogP contribution < -0.4 is 5.73 Å². The lowest BCUT2D eigenvalue weighted by molar-refractivity contribution is -0.136. The number of nitrogens with two attached hydrogens (primary N) is 1. The van der Waals surface area contributed by atoms with Gasteiger partial charge in [0, 0.05) is 32.4 Å². The number of rotatable bonds is 7. The maximum Gasteiger partial charge on any atom is 0.231 e. The van der Waals surface area contributed by atoms with Crippen LogP contribution in [0.1, 0.15) is 30.7 Å². The van der Waals surface area contributed by atoms with E-state index >= 15 is 0 Å². The van der Waals surface area contributed by atoms with Gasteiger partial charge >= 0.3 is 0 Å². The van der Waals surface area contributed by atoms with E-state index < -0.39 is 0 Å². The Morgan fingerprint density at radius 1 is 1.42 bits per heavy atom. The summed E-state index contributed by atoms with van der Waals surface area (Å²) in [6.07, 6.45) is 2.70. The number of carbonyl (C=O) groups excluding carboxylic acids is 2. The summed E-state index contributed by atoms with van der Waals surface area (Å²) in [5.74, 6) is -0.198. The monoisotopic (exact) mass is 335 g/mol. The molecule has 1 aliphatic rings. The lowest BCUT2D eigenvalue weighted by Crippen LogP contribution is -2.46. The van der Waals surface area contributed by atoms with Gasteiger partial charge in [0.05, 0.1) is 18.2 Å². The van der Waals surface area contributed by atoms with Crippen LogP contribution in [0.4, 0.5) is 0 Å². The quantitative estimate of drug-likeness (QED) is 0.788. The molecule has 24 heavy (non-hydrogen) atoms. The maximum absolute atomic E-state index is 12.6. The Kier molecular flexibility index (Phi) is 6.36. The number of aryl methyl sites for hydroxylation is 3. The van der Waals surface area contributed by atoms with Gasteiger partial charge in [-0.2, -0.15) is 5.10 Å². The molecule has 0 spiro atoms. The highest BCUT2D eigenvalue weighted by Crippen LogP contribution is 2.18. The van der Waals surface area contributed by atoms with E-state index in [1.165, 1.54) is 0 Å². The van der Waals surface area contributed by atoms with Crippen molar-refractivity contribution in [1.82, 2.24) is 19.6 Å². The van der Waals surface area contributed by atoms with Crippen LogP contribution in [0.15, 0.2) is 6.07 Å². The normalized spacial score (nSPS) is 18.5. The number of likely N-dealkylation sites (tertiary alicyclic amines) is 1. The van der Waals surface area contributed by atoms with Crippen LogP contribution in [0.2, 0.25) is 0 Å². The van der Waals surface area contributed by atoms with Gasteiger partial charge in [-0.05, 0) is 45.7 Å². The minimum atomic E-state index is -0.332. The number of carbonyl (C=O) groups is 2. The highest BCUT2D eigenvalue weighted by atomic mass is 16.2. The molecule has 7 heteroatoms. The second-order valence-corrected chi connectivity index (χ2v) is 6.80. The molecule has 1 atom stereocenters. The molecule has 1 aliphatic heterocycles. The molecule has 0 aromatic carbocycles.